The highest BCUT2D eigenvalue weighted by atomic mass is 14.9. The number of aromatic nitrogens is 2. The summed E-state index contributed by atoms with van der Waals surface area (Å²) in [6.07, 6.45) is 7.46. The van der Waals surface area contributed by atoms with Crippen LogP contribution in [0, 0.1) is 53.4 Å². The van der Waals surface area contributed by atoms with Crippen molar-refractivity contribution in [2.75, 3.05) is 0 Å². The second kappa shape index (κ2) is 13.0. The molecular formula is C50H51BN2. The number of benzene rings is 5. The molecule has 4 saturated carbocycles. The third-order valence-electron chi connectivity index (χ3n) is 13.3. The fraction of sp³-hybridized carbons (Fsp3) is 0.320. The number of nitrogens with zero attached hydrogens (tertiary/aromatic N) is 2. The standard InChI is InChI=1S/C50H51BN2/c1-32-21-34(3)46(35(4)22-32)51(47-36(5)23-33(2)24-37(47)6)43-19-17-42(18-20-43)49-27-38-25-39(28-49)30-50(29-38,31-49)48-52-44(40-13-9-7-10-14-40)26-45(53-48)41-15-11-8-12-16-41/h7-24,26,38-39H,25,27-31H2,1-6H3. The van der Waals surface area contributed by atoms with Crippen LogP contribution in [0.15, 0.2) is 115 Å². The predicted molar refractivity (Wildman–Crippen MR) is 223 cm³/mol. The Kier molecular flexibility index (Phi) is 8.33. The van der Waals surface area contributed by atoms with Gasteiger partial charge < -0.3 is 0 Å². The van der Waals surface area contributed by atoms with Crippen LogP contribution in [-0.2, 0) is 10.8 Å². The monoisotopic (exact) mass is 690 g/mol. The molecule has 4 aliphatic carbocycles. The summed E-state index contributed by atoms with van der Waals surface area (Å²) >= 11 is 0. The smallest absolute Gasteiger partial charge is 0.232 e. The molecule has 264 valence electrons. The lowest BCUT2D eigenvalue weighted by Crippen LogP contribution is -2.57. The maximum atomic E-state index is 5.48. The van der Waals surface area contributed by atoms with E-state index in [2.05, 4.69) is 157 Å². The molecule has 0 N–H and O–H groups in total. The van der Waals surface area contributed by atoms with E-state index in [0.29, 0.717) is 11.8 Å². The van der Waals surface area contributed by atoms with Gasteiger partial charge in [0.2, 0.25) is 6.71 Å². The quantitative estimate of drug-likeness (QED) is 0.156. The second-order valence-electron chi connectivity index (χ2n) is 17.4. The number of hydrogen-bond donors (Lipinski definition) is 0. The van der Waals surface area contributed by atoms with Gasteiger partial charge >= 0.3 is 0 Å². The van der Waals surface area contributed by atoms with E-state index in [-0.39, 0.29) is 17.5 Å². The molecule has 2 unspecified atom stereocenters. The molecule has 1 heterocycles. The molecule has 4 fully saturated rings. The van der Waals surface area contributed by atoms with Gasteiger partial charge in [-0.1, -0.05) is 159 Å². The van der Waals surface area contributed by atoms with Gasteiger partial charge in [-0.15, -0.1) is 0 Å². The molecule has 6 aromatic rings. The van der Waals surface area contributed by atoms with E-state index in [9.17, 15) is 0 Å². The number of hydrogen-bond acceptors (Lipinski definition) is 2. The van der Waals surface area contributed by atoms with Gasteiger partial charge in [0.25, 0.3) is 0 Å². The van der Waals surface area contributed by atoms with Crippen molar-refractivity contribution in [1.29, 1.82) is 0 Å². The van der Waals surface area contributed by atoms with Crippen molar-refractivity contribution in [3.05, 3.63) is 160 Å². The van der Waals surface area contributed by atoms with Crippen molar-refractivity contribution in [2.24, 2.45) is 11.8 Å². The lowest BCUT2D eigenvalue weighted by Gasteiger charge is -2.62. The van der Waals surface area contributed by atoms with Crippen LogP contribution in [0.2, 0.25) is 0 Å². The van der Waals surface area contributed by atoms with E-state index in [1.54, 1.807) is 0 Å². The molecule has 4 bridgehead atoms. The fourth-order valence-corrected chi connectivity index (χ4v) is 11.9. The Balaban J connectivity index is 1.14. The summed E-state index contributed by atoms with van der Waals surface area (Å²) in [5, 5.41) is 0. The Morgan fingerprint density at radius 2 is 0.943 bits per heavy atom. The van der Waals surface area contributed by atoms with Gasteiger partial charge in [0.05, 0.1) is 11.4 Å². The third-order valence-corrected chi connectivity index (χ3v) is 13.3. The molecule has 2 nitrogen and oxygen atoms in total. The Morgan fingerprint density at radius 1 is 0.509 bits per heavy atom. The van der Waals surface area contributed by atoms with Gasteiger partial charge in [-0.3, -0.25) is 0 Å². The summed E-state index contributed by atoms with van der Waals surface area (Å²) in [6, 6.07) is 43.1. The Hall–Kier alpha value is -4.76. The first-order valence-corrected chi connectivity index (χ1v) is 19.9. The molecule has 0 aliphatic heterocycles. The lowest BCUT2D eigenvalue weighted by molar-refractivity contribution is -0.0318. The Bertz CT molecular complexity index is 2150. The maximum absolute atomic E-state index is 5.48. The van der Waals surface area contributed by atoms with E-state index in [1.165, 1.54) is 87.4 Å². The van der Waals surface area contributed by atoms with E-state index in [0.717, 1.165) is 34.8 Å². The normalized spacial score (nSPS) is 23.0. The summed E-state index contributed by atoms with van der Waals surface area (Å²) in [4.78, 5) is 11.0. The van der Waals surface area contributed by atoms with Gasteiger partial charge in [-0.05, 0) is 109 Å². The number of rotatable bonds is 7. The molecule has 3 heteroatoms. The topological polar surface area (TPSA) is 25.8 Å². The zero-order chi connectivity index (χ0) is 36.5. The molecule has 10 rings (SSSR count). The molecule has 53 heavy (non-hydrogen) atoms. The van der Waals surface area contributed by atoms with Crippen LogP contribution < -0.4 is 16.4 Å². The van der Waals surface area contributed by atoms with Crippen molar-refractivity contribution in [1.82, 2.24) is 9.97 Å². The highest BCUT2D eigenvalue weighted by Gasteiger charge is 2.60. The number of aryl methyl sites for hydroxylation is 6. The SMILES string of the molecule is Cc1cc(C)c(B(c2ccc(C34CC5CC(C3)CC(c3nc(-c6ccccc6)cc(-c6ccccc6)n3)(C5)C4)cc2)c2c(C)cc(C)cc2C)c(C)c1. The van der Waals surface area contributed by atoms with Crippen LogP contribution in [0.3, 0.4) is 0 Å². The fourth-order valence-electron chi connectivity index (χ4n) is 11.9. The zero-order valence-corrected chi connectivity index (χ0v) is 32.3. The van der Waals surface area contributed by atoms with Crippen LogP contribution in [-0.4, -0.2) is 16.7 Å². The molecule has 2 atom stereocenters. The van der Waals surface area contributed by atoms with Gasteiger partial charge in [0, 0.05) is 16.5 Å². The molecule has 5 aromatic carbocycles. The minimum absolute atomic E-state index is 0.00808. The van der Waals surface area contributed by atoms with E-state index >= 15 is 0 Å². The Labute approximate surface area is 317 Å². The summed E-state index contributed by atoms with van der Waals surface area (Å²) in [6.45, 7) is 13.9. The Morgan fingerprint density at radius 3 is 1.40 bits per heavy atom. The third kappa shape index (κ3) is 5.97. The molecule has 0 radical (unpaired) electrons. The maximum Gasteiger partial charge on any atom is 0.242 e. The summed E-state index contributed by atoms with van der Waals surface area (Å²) in [7, 11) is 0. The van der Waals surface area contributed by atoms with Crippen molar-refractivity contribution >= 4 is 23.1 Å². The first kappa shape index (κ1) is 34.0. The van der Waals surface area contributed by atoms with Crippen molar-refractivity contribution < 1.29 is 0 Å². The first-order chi connectivity index (χ1) is 25.6. The van der Waals surface area contributed by atoms with E-state index in [1.807, 2.05) is 0 Å². The summed E-state index contributed by atoms with van der Waals surface area (Å²) < 4.78 is 0. The van der Waals surface area contributed by atoms with Gasteiger partial charge in [-0.2, -0.15) is 0 Å². The minimum Gasteiger partial charge on any atom is -0.232 e. The highest BCUT2D eigenvalue weighted by molar-refractivity contribution is 6.96. The van der Waals surface area contributed by atoms with E-state index in [4.69, 9.17) is 9.97 Å². The van der Waals surface area contributed by atoms with Gasteiger partial charge in [-0.25, -0.2) is 9.97 Å². The van der Waals surface area contributed by atoms with Crippen molar-refractivity contribution in [3.63, 3.8) is 0 Å². The van der Waals surface area contributed by atoms with Crippen LogP contribution >= 0.6 is 0 Å². The zero-order valence-electron chi connectivity index (χ0n) is 32.3. The van der Waals surface area contributed by atoms with Crippen molar-refractivity contribution in [3.8, 4) is 22.5 Å². The molecule has 4 aliphatic rings. The largest absolute Gasteiger partial charge is 0.242 e. The summed E-state index contributed by atoms with van der Waals surface area (Å²) in [5.41, 5.74) is 18.6. The van der Waals surface area contributed by atoms with Crippen LogP contribution in [0.1, 0.15) is 83.3 Å². The molecule has 0 amide bonds. The average Bonchev–Trinajstić information content (AvgIpc) is 3.13. The average molecular weight is 691 g/mol. The van der Waals surface area contributed by atoms with Gasteiger partial charge in [0.1, 0.15) is 5.82 Å². The van der Waals surface area contributed by atoms with Crippen LogP contribution in [0.4, 0.5) is 0 Å². The second-order valence-corrected chi connectivity index (χ2v) is 17.4. The predicted octanol–water partition coefficient (Wildman–Crippen LogP) is 9.97. The van der Waals surface area contributed by atoms with Gasteiger partial charge in [0.15, 0.2) is 0 Å². The van der Waals surface area contributed by atoms with Crippen LogP contribution in [0.25, 0.3) is 22.5 Å². The molecule has 1 aromatic heterocycles. The summed E-state index contributed by atoms with van der Waals surface area (Å²) in [5.74, 6) is 2.50. The molecule has 0 saturated heterocycles. The lowest BCUT2D eigenvalue weighted by atomic mass is 9.34. The molecule has 0 spiro atoms. The highest BCUT2D eigenvalue weighted by Crippen LogP contribution is 2.65. The molecular weight excluding hydrogens is 639 g/mol. The van der Waals surface area contributed by atoms with E-state index < -0.39 is 0 Å². The van der Waals surface area contributed by atoms with Crippen molar-refractivity contribution in [2.45, 2.75) is 90.9 Å². The first-order valence-electron chi connectivity index (χ1n) is 19.9. The minimum atomic E-state index is -0.00808. The van der Waals surface area contributed by atoms with Crippen LogP contribution in [0.5, 0.6) is 0 Å².